The molecule has 0 spiro atoms. The molecule has 2 rings (SSSR count). The highest BCUT2D eigenvalue weighted by Crippen LogP contribution is 2.31. The van der Waals surface area contributed by atoms with E-state index in [1.54, 1.807) is 17.8 Å². The van der Waals surface area contributed by atoms with Gasteiger partial charge in [0.05, 0.1) is 5.37 Å². The maximum Gasteiger partial charge on any atom is 0.125 e. The van der Waals surface area contributed by atoms with Crippen molar-refractivity contribution in [2.24, 2.45) is 0 Å². The third-order valence-electron chi connectivity index (χ3n) is 1.90. The minimum absolute atomic E-state index is 0.202. The highest BCUT2D eigenvalue weighted by Gasteiger charge is 2.17. The number of benzene rings is 1. The lowest BCUT2D eigenvalue weighted by Crippen LogP contribution is -2.12. The van der Waals surface area contributed by atoms with Gasteiger partial charge in [0.2, 0.25) is 0 Å². The SMILES string of the molecule is Fc1cc(Cl)cc(C2NCCS2)c1. The van der Waals surface area contributed by atoms with Crippen molar-refractivity contribution in [1.82, 2.24) is 5.32 Å². The summed E-state index contributed by atoms with van der Waals surface area (Å²) in [6.45, 7) is 0.976. The number of thioether (sulfide) groups is 1. The van der Waals surface area contributed by atoms with E-state index in [1.165, 1.54) is 12.1 Å². The summed E-state index contributed by atoms with van der Waals surface area (Å²) >= 11 is 7.53. The van der Waals surface area contributed by atoms with Gasteiger partial charge >= 0.3 is 0 Å². The van der Waals surface area contributed by atoms with Crippen LogP contribution in [0.1, 0.15) is 10.9 Å². The molecule has 0 aromatic heterocycles. The third-order valence-corrected chi connectivity index (χ3v) is 3.33. The van der Waals surface area contributed by atoms with Crippen LogP contribution >= 0.6 is 23.4 Å². The van der Waals surface area contributed by atoms with Gasteiger partial charge in [0.15, 0.2) is 0 Å². The summed E-state index contributed by atoms with van der Waals surface area (Å²) in [6, 6.07) is 4.66. The van der Waals surface area contributed by atoms with Gasteiger partial charge in [0.1, 0.15) is 5.82 Å². The molecule has 1 aliphatic heterocycles. The summed E-state index contributed by atoms with van der Waals surface area (Å²) in [6.07, 6.45) is 0. The molecule has 4 heteroatoms. The number of nitrogens with one attached hydrogen (secondary N) is 1. The Morgan fingerprint density at radius 1 is 1.46 bits per heavy atom. The van der Waals surface area contributed by atoms with Gasteiger partial charge in [-0.3, -0.25) is 0 Å². The normalized spacial score (nSPS) is 22.2. The maximum atomic E-state index is 13.0. The topological polar surface area (TPSA) is 12.0 Å². The maximum absolute atomic E-state index is 13.0. The molecule has 0 saturated carbocycles. The van der Waals surface area contributed by atoms with Crippen LogP contribution in [0.3, 0.4) is 0 Å². The molecule has 1 nitrogen and oxygen atoms in total. The molecule has 1 atom stereocenters. The van der Waals surface area contributed by atoms with Gasteiger partial charge in [0, 0.05) is 17.3 Å². The van der Waals surface area contributed by atoms with Crippen molar-refractivity contribution in [3.63, 3.8) is 0 Å². The molecule has 70 valence electrons. The van der Waals surface area contributed by atoms with Crippen molar-refractivity contribution >= 4 is 23.4 Å². The average molecular weight is 218 g/mol. The van der Waals surface area contributed by atoms with Gasteiger partial charge in [-0.1, -0.05) is 11.6 Å². The van der Waals surface area contributed by atoms with Gasteiger partial charge in [-0.15, -0.1) is 11.8 Å². The molecule has 0 amide bonds. The molecule has 0 radical (unpaired) electrons. The molecule has 1 fully saturated rings. The van der Waals surface area contributed by atoms with Crippen LogP contribution in [0.5, 0.6) is 0 Å². The predicted octanol–water partition coefficient (Wildman–Crippen LogP) is 2.81. The van der Waals surface area contributed by atoms with Gasteiger partial charge in [-0.2, -0.15) is 0 Å². The molecule has 0 bridgehead atoms. The lowest BCUT2D eigenvalue weighted by Gasteiger charge is -2.09. The van der Waals surface area contributed by atoms with Crippen LogP contribution in [-0.2, 0) is 0 Å². The van der Waals surface area contributed by atoms with Crippen molar-refractivity contribution in [1.29, 1.82) is 0 Å². The van der Waals surface area contributed by atoms with E-state index in [9.17, 15) is 4.39 Å². The van der Waals surface area contributed by atoms with Crippen LogP contribution < -0.4 is 5.32 Å². The van der Waals surface area contributed by atoms with Gasteiger partial charge in [-0.05, 0) is 23.8 Å². The largest absolute Gasteiger partial charge is 0.301 e. The molecular weight excluding hydrogens is 209 g/mol. The smallest absolute Gasteiger partial charge is 0.125 e. The Hall–Kier alpha value is -0.250. The van der Waals surface area contributed by atoms with Crippen molar-refractivity contribution in [2.75, 3.05) is 12.3 Å². The Morgan fingerprint density at radius 2 is 2.31 bits per heavy atom. The zero-order valence-electron chi connectivity index (χ0n) is 6.89. The Morgan fingerprint density at radius 3 is 2.92 bits per heavy atom. The van der Waals surface area contributed by atoms with Crippen molar-refractivity contribution in [2.45, 2.75) is 5.37 Å². The second-order valence-electron chi connectivity index (χ2n) is 2.91. The molecular formula is C9H9ClFNS. The first kappa shape index (κ1) is 9.31. The van der Waals surface area contributed by atoms with Crippen molar-refractivity contribution < 1.29 is 4.39 Å². The highest BCUT2D eigenvalue weighted by molar-refractivity contribution is 7.99. The quantitative estimate of drug-likeness (QED) is 0.777. The molecule has 1 aromatic carbocycles. The van der Waals surface area contributed by atoms with E-state index in [1.807, 2.05) is 0 Å². The fraction of sp³-hybridized carbons (Fsp3) is 0.333. The Balaban J connectivity index is 2.28. The lowest BCUT2D eigenvalue weighted by molar-refractivity contribution is 0.622. The summed E-state index contributed by atoms with van der Waals surface area (Å²) in [5.41, 5.74) is 0.924. The molecule has 0 aliphatic carbocycles. The van der Waals surface area contributed by atoms with Gasteiger partial charge in [-0.25, -0.2) is 4.39 Å². The van der Waals surface area contributed by atoms with Crippen LogP contribution in [0.15, 0.2) is 18.2 Å². The van der Waals surface area contributed by atoms with Crippen LogP contribution in [0.25, 0.3) is 0 Å². The van der Waals surface area contributed by atoms with Crippen LogP contribution in [0.4, 0.5) is 4.39 Å². The van der Waals surface area contributed by atoms with Crippen LogP contribution in [0, 0.1) is 5.82 Å². The van der Waals surface area contributed by atoms with E-state index in [4.69, 9.17) is 11.6 Å². The zero-order valence-corrected chi connectivity index (χ0v) is 8.46. The van der Waals surface area contributed by atoms with E-state index in [2.05, 4.69) is 5.32 Å². The number of rotatable bonds is 1. The first-order valence-electron chi connectivity index (χ1n) is 4.07. The van der Waals surface area contributed by atoms with Crippen molar-refractivity contribution in [3.05, 3.63) is 34.6 Å². The first-order valence-corrected chi connectivity index (χ1v) is 5.49. The second-order valence-corrected chi connectivity index (χ2v) is 4.56. The highest BCUT2D eigenvalue weighted by atomic mass is 35.5. The van der Waals surface area contributed by atoms with E-state index < -0.39 is 0 Å². The average Bonchev–Trinajstić information content (AvgIpc) is 2.53. The summed E-state index contributed by atoms with van der Waals surface area (Å²) < 4.78 is 13.0. The Bertz CT molecular complexity index is 292. The fourth-order valence-corrected chi connectivity index (χ4v) is 2.63. The lowest BCUT2D eigenvalue weighted by atomic mass is 10.2. The Labute approximate surface area is 85.7 Å². The third kappa shape index (κ3) is 2.16. The van der Waals surface area contributed by atoms with Crippen LogP contribution in [0.2, 0.25) is 5.02 Å². The van der Waals surface area contributed by atoms with E-state index in [0.717, 1.165) is 17.9 Å². The Kier molecular flexibility index (Phi) is 2.77. The number of hydrogen-bond acceptors (Lipinski definition) is 2. The van der Waals surface area contributed by atoms with Crippen LogP contribution in [-0.4, -0.2) is 12.3 Å². The molecule has 1 aromatic rings. The van der Waals surface area contributed by atoms with Gasteiger partial charge in [0.25, 0.3) is 0 Å². The minimum Gasteiger partial charge on any atom is -0.301 e. The molecule has 1 unspecified atom stereocenters. The first-order chi connectivity index (χ1) is 6.25. The molecule has 1 aliphatic rings. The van der Waals surface area contributed by atoms with Gasteiger partial charge < -0.3 is 5.32 Å². The number of halogens is 2. The minimum atomic E-state index is -0.267. The fourth-order valence-electron chi connectivity index (χ4n) is 1.37. The predicted molar refractivity (Wildman–Crippen MR) is 54.6 cm³/mol. The van der Waals surface area contributed by atoms with E-state index in [-0.39, 0.29) is 11.2 Å². The molecule has 13 heavy (non-hydrogen) atoms. The summed E-state index contributed by atoms with van der Waals surface area (Å²) in [4.78, 5) is 0. The monoisotopic (exact) mass is 217 g/mol. The molecule has 1 saturated heterocycles. The summed E-state index contributed by atoms with van der Waals surface area (Å²) in [5.74, 6) is 0.801. The number of hydrogen-bond donors (Lipinski definition) is 1. The summed E-state index contributed by atoms with van der Waals surface area (Å²) in [5, 5.41) is 3.93. The van der Waals surface area contributed by atoms with Crippen molar-refractivity contribution in [3.8, 4) is 0 Å². The standard InChI is InChI=1S/C9H9ClFNS/c10-7-3-6(4-8(11)5-7)9-12-1-2-13-9/h3-5,9,12H,1-2H2. The summed E-state index contributed by atoms with van der Waals surface area (Å²) in [7, 11) is 0. The van der Waals surface area contributed by atoms with E-state index >= 15 is 0 Å². The second kappa shape index (κ2) is 3.86. The molecule has 1 heterocycles. The van der Waals surface area contributed by atoms with E-state index in [0.29, 0.717) is 5.02 Å². The zero-order chi connectivity index (χ0) is 9.26. The molecule has 1 N–H and O–H groups in total.